The lowest BCUT2D eigenvalue weighted by Gasteiger charge is -2.08. The van der Waals surface area contributed by atoms with Crippen LogP contribution in [0.25, 0.3) is 21.9 Å². The zero-order valence-corrected chi connectivity index (χ0v) is 11.8. The Balaban J connectivity index is 1.83. The maximum absolute atomic E-state index is 14.2. The van der Waals surface area contributed by atoms with Crippen molar-refractivity contribution in [3.8, 4) is 0 Å². The topological polar surface area (TPSA) is 84.5 Å². The number of nitrogens with zero attached hydrogens (tertiary/aromatic N) is 3. The first kappa shape index (κ1) is 12.6. The number of nitrogen functional groups attached to an aromatic ring is 1. The fraction of sp³-hybridized carbons (Fsp3) is 0.0667. The maximum Gasteiger partial charge on any atom is 0.185 e. The number of aromatic nitrogens is 4. The van der Waals surface area contributed by atoms with Crippen LogP contribution in [0, 0.1) is 5.82 Å². The van der Waals surface area contributed by atoms with Crippen molar-refractivity contribution in [2.45, 2.75) is 0 Å². The smallest absolute Gasteiger partial charge is 0.185 e. The first-order valence-electron chi connectivity index (χ1n) is 6.74. The molecular formula is C15H13FN6. The van der Waals surface area contributed by atoms with Gasteiger partial charge in [0.15, 0.2) is 17.3 Å². The number of pyridine rings is 1. The van der Waals surface area contributed by atoms with E-state index < -0.39 is 5.82 Å². The van der Waals surface area contributed by atoms with Crippen molar-refractivity contribution in [2.75, 3.05) is 11.1 Å². The molecule has 0 amide bonds. The Kier molecular flexibility index (Phi) is 2.56. The molecule has 0 fully saturated rings. The van der Waals surface area contributed by atoms with Gasteiger partial charge in [0, 0.05) is 29.8 Å². The molecule has 0 radical (unpaired) electrons. The molecule has 4 N–H and O–H groups in total. The van der Waals surface area contributed by atoms with E-state index in [2.05, 4.69) is 20.5 Å². The second kappa shape index (κ2) is 4.45. The average molecular weight is 296 g/mol. The van der Waals surface area contributed by atoms with Gasteiger partial charge in [-0.05, 0) is 24.3 Å². The van der Waals surface area contributed by atoms with Crippen molar-refractivity contribution in [1.29, 1.82) is 0 Å². The summed E-state index contributed by atoms with van der Waals surface area (Å²) in [6.45, 7) is 0. The Morgan fingerprint density at radius 2 is 2.14 bits per heavy atom. The summed E-state index contributed by atoms with van der Waals surface area (Å²) >= 11 is 0. The first-order valence-corrected chi connectivity index (χ1v) is 6.74. The number of nitrogens with one attached hydrogen (secondary N) is 2. The van der Waals surface area contributed by atoms with Gasteiger partial charge >= 0.3 is 0 Å². The molecule has 0 bridgehead atoms. The Bertz CT molecular complexity index is 1000. The molecule has 6 nitrogen and oxygen atoms in total. The van der Waals surface area contributed by atoms with Crippen molar-refractivity contribution < 1.29 is 4.39 Å². The SMILES string of the molecule is Cn1ccc2c(Nc3nc4n[nH]c(N)c4cc3F)cccc21. The summed E-state index contributed by atoms with van der Waals surface area (Å²) < 4.78 is 16.2. The molecule has 0 unspecified atom stereocenters. The fourth-order valence-electron chi connectivity index (χ4n) is 2.56. The third-order valence-electron chi connectivity index (χ3n) is 3.71. The third kappa shape index (κ3) is 1.79. The van der Waals surface area contributed by atoms with Crippen molar-refractivity contribution in [3.63, 3.8) is 0 Å². The summed E-state index contributed by atoms with van der Waals surface area (Å²) in [4.78, 5) is 4.19. The van der Waals surface area contributed by atoms with Gasteiger partial charge in [-0.1, -0.05) is 6.07 Å². The van der Waals surface area contributed by atoms with Crippen molar-refractivity contribution in [1.82, 2.24) is 19.7 Å². The van der Waals surface area contributed by atoms with Gasteiger partial charge in [0.2, 0.25) is 0 Å². The number of benzene rings is 1. The molecule has 0 aliphatic heterocycles. The molecule has 110 valence electrons. The number of anilines is 3. The third-order valence-corrected chi connectivity index (χ3v) is 3.71. The average Bonchev–Trinajstić information content (AvgIpc) is 3.05. The summed E-state index contributed by atoms with van der Waals surface area (Å²) in [6, 6.07) is 9.09. The van der Waals surface area contributed by atoms with Gasteiger partial charge in [-0.2, -0.15) is 5.10 Å². The monoisotopic (exact) mass is 296 g/mol. The molecule has 0 atom stereocenters. The van der Waals surface area contributed by atoms with Crippen LogP contribution in [0.15, 0.2) is 36.5 Å². The minimum absolute atomic E-state index is 0.121. The van der Waals surface area contributed by atoms with Crippen molar-refractivity contribution in [3.05, 3.63) is 42.3 Å². The van der Waals surface area contributed by atoms with Gasteiger partial charge in [0.05, 0.1) is 5.39 Å². The van der Waals surface area contributed by atoms with E-state index in [9.17, 15) is 4.39 Å². The highest BCUT2D eigenvalue weighted by Gasteiger charge is 2.12. The van der Waals surface area contributed by atoms with E-state index in [1.165, 1.54) is 6.07 Å². The standard InChI is InChI=1S/C15H13FN6/c1-22-6-5-8-11(3-2-4-12(8)22)18-15-10(16)7-9-13(17)20-21-14(9)19-15/h2-7H,1H3,(H4,17,18,19,20,21). The second-order valence-electron chi connectivity index (χ2n) is 5.12. The van der Waals surface area contributed by atoms with Crippen LogP contribution in [0.3, 0.4) is 0 Å². The van der Waals surface area contributed by atoms with Gasteiger partial charge in [0.25, 0.3) is 0 Å². The van der Waals surface area contributed by atoms with E-state index in [1.54, 1.807) is 0 Å². The number of aryl methyl sites for hydroxylation is 1. The minimum atomic E-state index is -0.478. The normalized spacial score (nSPS) is 11.4. The molecule has 0 saturated heterocycles. The summed E-state index contributed by atoms with van der Waals surface area (Å²) in [7, 11) is 1.96. The fourth-order valence-corrected chi connectivity index (χ4v) is 2.56. The first-order chi connectivity index (χ1) is 10.6. The summed E-state index contributed by atoms with van der Waals surface area (Å²) in [5.74, 6) is -0.0537. The van der Waals surface area contributed by atoms with Gasteiger partial charge in [-0.3, -0.25) is 5.10 Å². The summed E-state index contributed by atoms with van der Waals surface area (Å²) in [5, 5.41) is 11.1. The lowest BCUT2D eigenvalue weighted by Crippen LogP contribution is -1.98. The predicted octanol–water partition coefficient (Wildman–Crippen LogP) is 2.91. The number of hydrogen-bond acceptors (Lipinski definition) is 4. The van der Waals surface area contributed by atoms with Gasteiger partial charge in [-0.15, -0.1) is 0 Å². The number of fused-ring (bicyclic) bond motifs is 2. The maximum atomic E-state index is 14.2. The van der Waals surface area contributed by atoms with E-state index in [1.807, 2.05) is 42.1 Å². The van der Waals surface area contributed by atoms with Crippen LogP contribution in [-0.4, -0.2) is 19.7 Å². The molecule has 0 aliphatic rings. The molecule has 4 rings (SSSR count). The Labute approximate surface area is 124 Å². The van der Waals surface area contributed by atoms with E-state index in [0.717, 1.165) is 16.6 Å². The lowest BCUT2D eigenvalue weighted by atomic mass is 10.2. The number of hydrogen-bond donors (Lipinski definition) is 3. The van der Waals surface area contributed by atoms with Crippen LogP contribution >= 0.6 is 0 Å². The van der Waals surface area contributed by atoms with E-state index >= 15 is 0 Å². The molecule has 7 heteroatoms. The molecule has 22 heavy (non-hydrogen) atoms. The number of rotatable bonds is 2. The zero-order valence-electron chi connectivity index (χ0n) is 11.8. The lowest BCUT2D eigenvalue weighted by molar-refractivity contribution is 0.629. The number of halogens is 1. The second-order valence-corrected chi connectivity index (χ2v) is 5.12. The highest BCUT2D eigenvalue weighted by molar-refractivity contribution is 5.94. The van der Waals surface area contributed by atoms with E-state index in [0.29, 0.717) is 16.9 Å². The molecule has 1 aromatic carbocycles. The Morgan fingerprint density at radius 3 is 3.00 bits per heavy atom. The highest BCUT2D eigenvalue weighted by Crippen LogP contribution is 2.29. The van der Waals surface area contributed by atoms with Crippen molar-refractivity contribution in [2.24, 2.45) is 7.05 Å². The molecule has 4 aromatic rings. The minimum Gasteiger partial charge on any atom is -0.384 e. The Hall–Kier alpha value is -3.09. The van der Waals surface area contributed by atoms with E-state index in [-0.39, 0.29) is 5.82 Å². The Morgan fingerprint density at radius 1 is 1.27 bits per heavy atom. The van der Waals surface area contributed by atoms with Crippen LogP contribution in [-0.2, 0) is 7.05 Å². The van der Waals surface area contributed by atoms with Crippen LogP contribution in [0.5, 0.6) is 0 Å². The van der Waals surface area contributed by atoms with Gasteiger partial charge in [0.1, 0.15) is 5.82 Å². The predicted molar refractivity (Wildman–Crippen MR) is 84.5 cm³/mol. The van der Waals surface area contributed by atoms with Gasteiger partial charge in [-0.25, -0.2) is 9.37 Å². The molecule has 3 heterocycles. The summed E-state index contributed by atoms with van der Waals surface area (Å²) in [5.41, 5.74) is 7.89. The zero-order chi connectivity index (χ0) is 15.3. The van der Waals surface area contributed by atoms with Crippen LogP contribution in [0.4, 0.5) is 21.7 Å². The molecular weight excluding hydrogens is 283 g/mol. The molecule has 3 aromatic heterocycles. The largest absolute Gasteiger partial charge is 0.384 e. The van der Waals surface area contributed by atoms with Crippen LogP contribution in [0.1, 0.15) is 0 Å². The highest BCUT2D eigenvalue weighted by atomic mass is 19.1. The molecule has 0 saturated carbocycles. The summed E-state index contributed by atoms with van der Waals surface area (Å²) in [6.07, 6.45) is 1.96. The van der Waals surface area contributed by atoms with E-state index in [4.69, 9.17) is 5.73 Å². The number of H-pyrrole nitrogens is 1. The number of nitrogens with two attached hydrogens (primary N) is 1. The van der Waals surface area contributed by atoms with Crippen LogP contribution < -0.4 is 11.1 Å². The van der Waals surface area contributed by atoms with Crippen molar-refractivity contribution >= 4 is 39.3 Å². The van der Waals surface area contributed by atoms with Crippen LogP contribution in [0.2, 0.25) is 0 Å². The molecule has 0 aliphatic carbocycles. The molecule has 0 spiro atoms. The van der Waals surface area contributed by atoms with Gasteiger partial charge < -0.3 is 15.6 Å². The number of aromatic amines is 1. The quantitative estimate of drug-likeness (QED) is 0.531.